The van der Waals surface area contributed by atoms with Gasteiger partial charge in [0.05, 0.1) is 24.4 Å². The van der Waals surface area contributed by atoms with Crippen molar-refractivity contribution in [2.45, 2.75) is 12.5 Å². The van der Waals surface area contributed by atoms with Crippen LogP contribution in [0.25, 0.3) is 0 Å². The monoisotopic (exact) mass is 367 g/mol. The highest BCUT2D eigenvalue weighted by Gasteiger charge is 2.22. The van der Waals surface area contributed by atoms with Crippen LogP contribution in [0.15, 0.2) is 40.9 Å². The summed E-state index contributed by atoms with van der Waals surface area (Å²) in [6.45, 7) is 0.694. The highest BCUT2D eigenvalue weighted by Crippen LogP contribution is 2.32. The van der Waals surface area contributed by atoms with Crippen molar-refractivity contribution in [1.82, 2.24) is 0 Å². The molecule has 1 heterocycles. The molecule has 0 saturated heterocycles. The van der Waals surface area contributed by atoms with E-state index in [1.54, 1.807) is 7.11 Å². The molecule has 2 aromatic rings. The first-order chi connectivity index (χ1) is 10.2. The lowest BCUT2D eigenvalue weighted by Gasteiger charge is -2.14. The van der Waals surface area contributed by atoms with Gasteiger partial charge in [0.2, 0.25) is 0 Å². The van der Waals surface area contributed by atoms with Crippen molar-refractivity contribution in [1.29, 1.82) is 0 Å². The molecule has 21 heavy (non-hydrogen) atoms. The first kappa shape index (κ1) is 14.5. The Morgan fingerprint density at radius 3 is 3.00 bits per heavy atom. The van der Waals surface area contributed by atoms with Crippen molar-refractivity contribution in [2.24, 2.45) is 0 Å². The van der Waals surface area contributed by atoms with Crippen molar-refractivity contribution in [3.05, 3.63) is 51.5 Å². The molecule has 0 radical (unpaired) electrons. The number of rotatable bonds is 4. The number of anilines is 1. The van der Waals surface area contributed by atoms with E-state index in [-0.39, 0.29) is 6.10 Å². The number of hydrogen-bond donors (Lipinski definition) is 1. The Kier molecular flexibility index (Phi) is 4.27. The Bertz CT molecular complexity index is 663. The second-order valence-corrected chi connectivity index (χ2v) is 6.25. The summed E-state index contributed by atoms with van der Waals surface area (Å²) in [6.07, 6.45) is 1.00. The van der Waals surface area contributed by atoms with Crippen molar-refractivity contribution >= 4 is 33.2 Å². The van der Waals surface area contributed by atoms with Crippen molar-refractivity contribution < 1.29 is 9.47 Å². The molecule has 0 aliphatic carbocycles. The van der Waals surface area contributed by atoms with E-state index in [1.807, 2.05) is 30.3 Å². The van der Waals surface area contributed by atoms with E-state index >= 15 is 0 Å². The van der Waals surface area contributed by atoms with E-state index in [0.717, 1.165) is 28.1 Å². The zero-order chi connectivity index (χ0) is 14.8. The van der Waals surface area contributed by atoms with E-state index in [4.69, 9.17) is 21.1 Å². The van der Waals surface area contributed by atoms with Crippen molar-refractivity contribution in [3.63, 3.8) is 0 Å². The van der Waals surface area contributed by atoms with Gasteiger partial charge in [0, 0.05) is 17.0 Å². The first-order valence-corrected chi connectivity index (χ1v) is 7.85. The van der Waals surface area contributed by atoms with Crippen LogP contribution in [0.5, 0.6) is 11.5 Å². The van der Waals surface area contributed by atoms with Crippen LogP contribution in [0.3, 0.4) is 0 Å². The molecule has 0 saturated carbocycles. The molecule has 5 heteroatoms. The molecular formula is C16H15BrClNO2. The quantitative estimate of drug-likeness (QED) is 0.860. The molecule has 2 aromatic carbocycles. The van der Waals surface area contributed by atoms with E-state index < -0.39 is 0 Å². The van der Waals surface area contributed by atoms with Crippen molar-refractivity contribution in [3.8, 4) is 11.5 Å². The number of fused-ring (bicyclic) bond motifs is 1. The van der Waals surface area contributed by atoms with Gasteiger partial charge >= 0.3 is 0 Å². The molecule has 0 fully saturated rings. The highest BCUT2D eigenvalue weighted by molar-refractivity contribution is 9.10. The summed E-state index contributed by atoms with van der Waals surface area (Å²) >= 11 is 9.67. The maximum atomic E-state index is 6.18. The third kappa shape index (κ3) is 3.27. The maximum Gasteiger partial charge on any atom is 0.123 e. The van der Waals surface area contributed by atoms with Gasteiger partial charge in [-0.3, -0.25) is 0 Å². The van der Waals surface area contributed by atoms with Crippen LogP contribution in [0, 0.1) is 0 Å². The molecule has 3 nitrogen and oxygen atoms in total. The van der Waals surface area contributed by atoms with Crippen molar-refractivity contribution in [2.75, 3.05) is 19.0 Å². The number of ether oxygens (including phenoxy) is 2. The summed E-state index contributed by atoms with van der Waals surface area (Å²) in [4.78, 5) is 0. The van der Waals surface area contributed by atoms with Gasteiger partial charge in [-0.2, -0.15) is 0 Å². The average Bonchev–Trinajstić information content (AvgIpc) is 2.88. The smallest absolute Gasteiger partial charge is 0.123 e. The molecule has 1 aliphatic heterocycles. The number of hydrogen-bond acceptors (Lipinski definition) is 3. The number of halogens is 2. The molecule has 1 N–H and O–H groups in total. The molecule has 0 amide bonds. The number of nitrogens with one attached hydrogen (secondary N) is 1. The molecule has 110 valence electrons. The largest absolute Gasteiger partial charge is 0.497 e. The molecule has 3 rings (SSSR count). The Morgan fingerprint density at radius 2 is 2.19 bits per heavy atom. The standard InChI is InChI=1S/C16H15BrClNO2/c1-20-12-3-4-14(18)15(8-12)19-9-13-7-10-6-11(17)2-5-16(10)21-13/h2-6,8,13,19H,7,9H2,1H3. The fourth-order valence-corrected chi connectivity index (χ4v) is 2.99. The third-order valence-electron chi connectivity index (χ3n) is 3.46. The summed E-state index contributed by atoms with van der Waals surface area (Å²) < 4.78 is 12.2. The van der Waals surface area contributed by atoms with E-state index in [2.05, 4.69) is 27.3 Å². The zero-order valence-electron chi connectivity index (χ0n) is 11.5. The Morgan fingerprint density at radius 1 is 1.33 bits per heavy atom. The van der Waals surface area contributed by atoms with E-state index in [9.17, 15) is 0 Å². The molecule has 1 unspecified atom stereocenters. The summed E-state index contributed by atoms with van der Waals surface area (Å²) in [7, 11) is 1.64. The molecule has 1 aliphatic rings. The number of methoxy groups -OCH3 is 1. The second-order valence-electron chi connectivity index (χ2n) is 4.92. The topological polar surface area (TPSA) is 30.5 Å². The fraction of sp³-hybridized carbons (Fsp3) is 0.250. The van der Waals surface area contributed by atoms with Gasteiger partial charge in [0.1, 0.15) is 17.6 Å². The lowest BCUT2D eigenvalue weighted by Crippen LogP contribution is -2.24. The maximum absolute atomic E-state index is 6.18. The lowest BCUT2D eigenvalue weighted by atomic mass is 10.1. The minimum absolute atomic E-state index is 0.108. The zero-order valence-corrected chi connectivity index (χ0v) is 13.9. The number of benzene rings is 2. The van der Waals surface area contributed by atoms with Gasteiger partial charge in [-0.05, 0) is 35.9 Å². The minimum Gasteiger partial charge on any atom is -0.497 e. The second kappa shape index (κ2) is 6.16. The van der Waals surface area contributed by atoms with Gasteiger partial charge in [-0.25, -0.2) is 0 Å². The van der Waals surface area contributed by atoms with E-state index in [1.165, 1.54) is 5.56 Å². The van der Waals surface area contributed by atoms with Gasteiger partial charge in [0.25, 0.3) is 0 Å². The first-order valence-electron chi connectivity index (χ1n) is 6.68. The lowest BCUT2D eigenvalue weighted by molar-refractivity contribution is 0.246. The van der Waals surface area contributed by atoms with E-state index in [0.29, 0.717) is 11.6 Å². The third-order valence-corrected chi connectivity index (χ3v) is 4.28. The Labute approximate surface area is 137 Å². The average molecular weight is 369 g/mol. The predicted molar refractivity (Wildman–Crippen MR) is 88.8 cm³/mol. The molecule has 0 spiro atoms. The summed E-state index contributed by atoms with van der Waals surface area (Å²) in [6, 6.07) is 11.7. The molecular weight excluding hydrogens is 354 g/mol. The minimum atomic E-state index is 0.108. The summed E-state index contributed by atoms with van der Waals surface area (Å²) in [5.41, 5.74) is 2.09. The van der Waals surface area contributed by atoms with Gasteiger partial charge < -0.3 is 14.8 Å². The van der Waals surface area contributed by atoms with Gasteiger partial charge in [-0.1, -0.05) is 27.5 Å². The van der Waals surface area contributed by atoms with Crippen LogP contribution in [-0.4, -0.2) is 19.8 Å². The van der Waals surface area contributed by atoms with Crippen LogP contribution in [0.4, 0.5) is 5.69 Å². The Balaban J connectivity index is 1.65. The van der Waals surface area contributed by atoms with Gasteiger partial charge in [0.15, 0.2) is 0 Å². The highest BCUT2D eigenvalue weighted by atomic mass is 79.9. The molecule has 0 aromatic heterocycles. The molecule has 1 atom stereocenters. The van der Waals surface area contributed by atoms with Crippen LogP contribution in [-0.2, 0) is 6.42 Å². The van der Waals surface area contributed by atoms with Crippen LogP contribution in [0.2, 0.25) is 5.02 Å². The summed E-state index contributed by atoms with van der Waals surface area (Å²) in [5.74, 6) is 1.74. The summed E-state index contributed by atoms with van der Waals surface area (Å²) in [5, 5.41) is 4.01. The molecule has 0 bridgehead atoms. The van der Waals surface area contributed by atoms with Crippen LogP contribution in [0.1, 0.15) is 5.56 Å². The fourth-order valence-electron chi connectivity index (χ4n) is 2.39. The van der Waals surface area contributed by atoms with Gasteiger partial charge in [-0.15, -0.1) is 0 Å². The predicted octanol–water partition coefficient (Wildman–Crippen LogP) is 4.53. The Hall–Kier alpha value is -1.39. The normalized spacial score (nSPS) is 16.2. The van der Waals surface area contributed by atoms with Crippen LogP contribution < -0.4 is 14.8 Å². The SMILES string of the molecule is COc1ccc(Cl)c(NCC2Cc3cc(Br)ccc3O2)c1. The van der Waals surface area contributed by atoms with Crippen LogP contribution >= 0.6 is 27.5 Å².